The minimum absolute atomic E-state index is 0.557. The second-order valence-corrected chi connectivity index (χ2v) is 7.36. The third-order valence-electron chi connectivity index (χ3n) is 5.18. The standard InChI is InChI=1S/C23H29NO/c1-24(2)17-21-13-12-19(14-18-8-5-4-6-9-18)15-23(21)20-10-7-11-22(16-20)25-3/h4-11,14,16,21,23H,12-13,15,17H2,1-3H3/t21-,23+/m0/s1. The van der Waals surface area contributed by atoms with Gasteiger partial charge in [0.05, 0.1) is 7.11 Å². The molecule has 2 atom stereocenters. The number of hydrogen-bond acceptors (Lipinski definition) is 2. The van der Waals surface area contributed by atoms with Crippen molar-refractivity contribution in [3.05, 3.63) is 71.3 Å². The Labute approximate surface area is 152 Å². The molecule has 1 fully saturated rings. The molecule has 0 radical (unpaired) electrons. The van der Waals surface area contributed by atoms with E-state index in [1.807, 2.05) is 6.07 Å². The normalized spacial score (nSPS) is 22.3. The second-order valence-electron chi connectivity index (χ2n) is 7.36. The van der Waals surface area contributed by atoms with Gasteiger partial charge in [-0.1, -0.05) is 54.1 Å². The Morgan fingerprint density at radius 1 is 1.08 bits per heavy atom. The molecule has 3 rings (SSSR count). The van der Waals surface area contributed by atoms with Crippen molar-refractivity contribution in [1.82, 2.24) is 4.90 Å². The van der Waals surface area contributed by atoms with Gasteiger partial charge in [-0.15, -0.1) is 0 Å². The lowest BCUT2D eigenvalue weighted by atomic mass is 9.73. The Balaban J connectivity index is 1.86. The number of rotatable bonds is 5. The number of hydrogen-bond donors (Lipinski definition) is 0. The highest BCUT2D eigenvalue weighted by Crippen LogP contribution is 2.42. The van der Waals surface area contributed by atoms with Crippen molar-refractivity contribution in [2.24, 2.45) is 5.92 Å². The van der Waals surface area contributed by atoms with Crippen LogP contribution >= 0.6 is 0 Å². The molecule has 0 heterocycles. The van der Waals surface area contributed by atoms with Gasteiger partial charge in [0.2, 0.25) is 0 Å². The summed E-state index contributed by atoms with van der Waals surface area (Å²) in [6, 6.07) is 19.3. The highest BCUT2D eigenvalue weighted by atomic mass is 16.5. The molecule has 2 aromatic rings. The van der Waals surface area contributed by atoms with Gasteiger partial charge in [-0.2, -0.15) is 0 Å². The molecular weight excluding hydrogens is 306 g/mol. The van der Waals surface area contributed by atoms with E-state index >= 15 is 0 Å². The minimum Gasteiger partial charge on any atom is -0.497 e. The topological polar surface area (TPSA) is 12.5 Å². The Morgan fingerprint density at radius 2 is 1.88 bits per heavy atom. The lowest BCUT2D eigenvalue weighted by Gasteiger charge is -2.35. The van der Waals surface area contributed by atoms with E-state index in [-0.39, 0.29) is 0 Å². The number of allylic oxidation sites excluding steroid dienone is 1. The first-order valence-electron chi connectivity index (χ1n) is 9.19. The van der Waals surface area contributed by atoms with Crippen LogP contribution in [-0.2, 0) is 0 Å². The highest BCUT2D eigenvalue weighted by Gasteiger charge is 2.29. The van der Waals surface area contributed by atoms with Crippen molar-refractivity contribution in [3.63, 3.8) is 0 Å². The van der Waals surface area contributed by atoms with Crippen molar-refractivity contribution >= 4 is 6.08 Å². The minimum atomic E-state index is 0.557. The van der Waals surface area contributed by atoms with Crippen LogP contribution in [0.4, 0.5) is 0 Å². The van der Waals surface area contributed by atoms with Gasteiger partial charge < -0.3 is 9.64 Å². The van der Waals surface area contributed by atoms with Gasteiger partial charge >= 0.3 is 0 Å². The molecule has 132 valence electrons. The summed E-state index contributed by atoms with van der Waals surface area (Å²) < 4.78 is 5.46. The van der Waals surface area contributed by atoms with Gasteiger partial charge in [-0.3, -0.25) is 0 Å². The summed E-state index contributed by atoms with van der Waals surface area (Å²) in [4.78, 5) is 2.32. The molecule has 2 aromatic carbocycles. The van der Waals surface area contributed by atoms with E-state index in [1.54, 1.807) is 12.7 Å². The van der Waals surface area contributed by atoms with Crippen LogP contribution in [0.5, 0.6) is 5.75 Å². The fourth-order valence-electron chi connectivity index (χ4n) is 3.99. The summed E-state index contributed by atoms with van der Waals surface area (Å²) in [7, 11) is 6.11. The third-order valence-corrected chi connectivity index (χ3v) is 5.18. The molecule has 1 aliphatic rings. The summed E-state index contributed by atoms with van der Waals surface area (Å²) in [6.45, 7) is 1.14. The van der Waals surface area contributed by atoms with Crippen molar-refractivity contribution in [2.75, 3.05) is 27.7 Å². The van der Waals surface area contributed by atoms with Gasteiger partial charge in [0, 0.05) is 6.54 Å². The molecule has 0 aliphatic heterocycles. The molecule has 1 aliphatic carbocycles. The fourth-order valence-corrected chi connectivity index (χ4v) is 3.99. The van der Waals surface area contributed by atoms with Crippen LogP contribution in [0.25, 0.3) is 6.08 Å². The van der Waals surface area contributed by atoms with E-state index < -0.39 is 0 Å². The quantitative estimate of drug-likeness (QED) is 0.742. The van der Waals surface area contributed by atoms with Crippen molar-refractivity contribution in [2.45, 2.75) is 25.2 Å². The maximum atomic E-state index is 5.46. The van der Waals surface area contributed by atoms with Crippen LogP contribution in [0.1, 0.15) is 36.3 Å². The molecule has 0 spiro atoms. The Hall–Kier alpha value is -2.06. The smallest absolute Gasteiger partial charge is 0.119 e. The first-order valence-corrected chi connectivity index (χ1v) is 9.19. The molecule has 0 aromatic heterocycles. The number of benzene rings is 2. The predicted molar refractivity (Wildman–Crippen MR) is 106 cm³/mol. The first-order chi connectivity index (χ1) is 12.2. The largest absolute Gasteiger partial charge is 0.497 e. The summed E-state index contributed by atoms with van der Waals surface area (Å²) >= 11 is 0. The maximum Gasteiger partial charge on any atom is 0.119 e. The average Bonchev–Trinajstić information content (AvgIpc) is 2.63. The second kappa shape index (κ2) is 8.35. The van der Waals surface area contributed by atoms with Crippen molar-refractivity contribution < 1.29 is 4.74 Å². The monoisotopic (exact) mass is 335 g/mol. The molecule has 2 heteroatoms. The van der Waals surface area contributed by atoms with Crippen LogP contribution in [0, 0.1) is 5.92 Å². The molecule has 2 nitrogen and oxygen atoms in total. The van der Waals surface area contributed by atoms with Gasteiger partial charge in [-0.25, -0.2) is 0 Å². The zero-order chi connectivity index (χ0) is 17.6. The van der Waals surface area contributed by atoms with E-state index in [0.29, 0.717) is 11.8 Å². The van der Waals surface area contributed by atoms with Crippen LogP contribution < -0.4 is 4.74 Å². The van der Waals surface area contributed by atoms with Crippen LogP contribution in [0.15, 0.2) is 60.2 Å². The lowest BCUT2D eigenvalue weighted by Crippen LogP contribution is -2.29. The number of ether oxygens (including phenoxy) is 1. The summed E-state index contributed by atoms with van der Waals surface area (Å²) in [5, 5.41) is 0. The molecule has 1 saturated carbocycles. The molecule has 0 bridgehead atoms. The zero-order valence-electron chi connectivity index (χ0n) is 15.6. The van der Waals surface area contributed by atoms with Crippen molar-refractivity contribution in [3.8, 4) is 5.75 Å². The third kappa shape index (κ3) is 4.73. The molecule has 0 N–H and O–H groups in total. The van der Waals surface area contributed by atoms with Crippen LogP contribution in [-0.4, -0.2) is 32.6 Å². The Morgan fingerprint density at radius 3 is 2.60 bits per heavy atom. The summed E-state index contributed by atoms with van der Waals surface area (Å²) in [5.41, 5.74) is 4.28. The number of methoxy groups -OCH3 is 1. The van der Waals surface area contributed by atoms with Gasteiger partial charge in [0.1, 0.15) is 5.75 Å². The van der Waals surface area contributed by atoms with Crippen molar-refractivity contribution in [1.29, 1.82) is 0 Å². The molecule has 0 unspecified atom stereocenters. The first kappa shape index (κ1) is 17.8. The Bertz CT molecular complexity index is 705. The van der Waals surface area contributed by atoms with Gasteiger partial charge in [0.15, 0.2) is 0 Å². The van der Waals surface area contributed by atoms with E-state index in [4.69, 9.17) is 4.74 Å². The summed E-state index contributed by atoms with van der Waals surface area (Å²) in [5.74, 6) is 2.21. The summed E-state index contributed by atoms with van der Waals surface area (Å²) in [6.07, 6.45) is 5.98. The van der Waals surface area contributed by atoms with E-state index in [0.717, 1.165) is 18.7 Å². The number of nitrogens with zero attached hydrogens (tertiary/aromatic N) is 1. The molecular formula is C23H29NO. The molecule has 0 saturated heterocycles. The lowest BCUT2D eigenvalue weighted by molar-refractivity contribution is 0.256. The predicted octanol–water partition coefficient (Wildman–Crippen LogP) is 5.22. The molecule has 25 heavy (non-hydrogen) atoms. The average molecular weight is 335 g/mol. The van der Waals surface area contributed by atoms with Crippen LogP contribution in [0.2, 0.25) is 0 Å². The SMILES string of the molecule is COc1cccc([C@H]2CC(=Cc3ccccc3)CC[C@H]2CN(C)C)c1. The maximum absolute atomic E-state index is 5.46. The highest BCUT2D eigenvalue weighted by molar-refractivity contribution is 5.53. The van der Waals surface area contributed by atoms with Gasteiger partial charge in [-0.05, 0) is 68.5 Å². The van der Waals surface area contributed by atoms with Gasteiger partial charge in [0.25, 0.3) is 0 Å². The van der Waals surface area contributed by atoms with Crippen LogP contribution in [0.3, 0.4) is 0 Å². The van der Waals surface area contributed by atoms with E-state index in [9.17, 15) is 0 Å². The van der Waals surface area contributed by atoms with E-state index in [1.165, 1.54) is 24.0 Å². The zero-order valence-corrected chi connectivity index (χ0v) is 15.6. The Kier molecular flexibility index (Phi) is 5.93. The fraction of sp³-hybridized carbons (Fsp3) is 0.391. The van der Waals surface area contributed by atoms with E-state index in [2.05, 4.69) is 73.6 Å². The molecule has 0 amide bonds.